The van der Waals surface area contributed by atoms with Crippen molar-refractivity contribution in [1.82, 2.24) is 4.90 Å². The first-order valence-electron chi connectivity index (χ1n) is 17.6. The second kappa shape index (κ2) is 15.0. The SMILES string of the molecule is O=C(c1ccc(OCCN2CCCCC2)cc1)c1c(-c2ccc(OC(=O)C3CCCC3)cc2)sc2cc(OC(=O)C3CCCC3)ccc12. The fraction of sp³-hybridized carbons (Fsp3) is 0.425. The molecule has 0 unspecified atom stereocenters. The largest absolute Gasteiger partial charge is 0.492 e. The second-order valence-corrected chi connectivity index (χ2v) is 14.4. The van der Waals surface area contributed by atoms with Gasteiger partial charge in [0.05, 0.1) is 11.8 Å². The van der Waals surface area contributed by atoms with Gasteiger partial charge in [-0.15, -0.1) is 11.3 Å². The highest BCUT2D eigenvalue weighted by Crippen LogP contribution is 2.42. The number of fused-ring (bicyclic) bond motifs is 1. The van der Waals surface area contributed by atoms with Crippen molar-refractivity contribution in [3.8, 4) is 27.7 Å². The molecule has 3 fully saturated rings. The summed E-state index contributed by atoms with van der Waals surface area (Å²) < 4.78 is 18.4. The quantitative estimate of drug-likeness (QED) is 0.0899. The van der Waals surface area contributed by atoms with Crippen LogP contribution in [0.3, 0.4) is 0 Å². The van der Waals surface area contributed by atoms with Crippen LogP contribution >= 0.6 is 11.3 Å². The number of rotatable bonds is 11. The van der Waals surface area contributed by atoms with E-state index in [1.807, 2.05) is 48.5 Å². The van der Waals surface area contributed by atoms with Crippen molar-refractivity contribution in [2.75, 3.05) is 26.2 Å². The molecule has 250 valence electrons. The van der Waals surface area contributed by atoms with E-state index in [4.69, 9.17) is 14.2 Å². The van der Waals surface area contributed by atoms with E-state index in [9.17, 15) is 14.4 Å². The lowest BCUT2D eigenvalue weighted by molar-refractivity contribution is -0.139. The van der Waals surface area contributed by atoms with E-state index in [1.54, 1.807) is 18.2 Å². The van der Waals surface area contributed by atoms with E-state index in [1.165, 1.54) is 30.6 Å². The van der Waals surface area contributed by atoms with Crippen LogP contribution in [0.1, 0.15) is 86.6 Å². The summed E-state index contributed by atoms with van der Waals surface area (Å²) in [5, 5.41) is 0.805. The van der Waals surface area contributed by atoms with Crippen LogP contribution in [-0.2, 0) is 9.59 Å². The summed E-state index contributed by atoms with van der Waals surface area (Å²) in [5.74, 6) is 1.22. The van der Waals surface area contributed by atoms with Gasteiger partial charge in [-0.05, 0) is 124 Å². The minimum absolute atomic E-state index is 0.0279. The molecule has 3 aromatic carbocycles. The molecule has 1 aliphatic heterocycles. The number of hydrogen-bond acceptors (Lipinski definition) is 8. The molecular formula is C40H43NO6S. The molecule has 7 rings (SSSR count). The molecule has 2 heterocycles. The first-order valence-corrected chi connectivity index (χ1v) is 18.4. The predicted octanol–water partition coefficient (Wildman–Crippen LogP) is 8.86. The van der Waals surface area contributed by atoms with Crippen molar-refractivity contribution in [3.05, 3.63) is 77.9 Å². The topological polar surface area (TPSA) is 82.1 Å². The van der Waals surface area contributed by atoms with E-state index >= 15 is 0 Å². The smallest absolute Gasteiger partial charge is 0.314 e. The van der Waals surface area contributed by atoms with Crippen molar-refractivity contribution >= 4 is 39.1 Å². The van der Waals surface area contributed by atoms with Crippen LogP contribution in [0.2, 0.25) is 0 Å². The molecule has 1 saturated heterocycles. The number of piperidine rings is 1. The number of likely N-dealkylation sites (tertiary alicyclic amines) is 1. The van der Waals surface area contributed by atoms with Crippen LogP contribution in [0.4, 0.5) is 0 Å². The third-order valence-electron chi connectivity index (χ3n) is 10.1. The van der Waals surface area contributed by atoms with Gasteiger partial charge in [-0.3, -0.25) is 19.3 Å². The summed E-state index contributed by atoms with van der Waals surface area (Å²) in [6.45, 7) is 3.78. The van der Waals surface area contributed by atoms with Gasteiger partial charge in [0.25, 0.3) is 0 Å². The lowest BCUT2D eigenvalue weighted by atomic mass is 9.97. The maximum atomic E-state index is 14.2. The maximum Gasteiger partial charge on any atom is 0.314 e. The van der Waals surface area contributed by atoms with Gasteiger partial charge in [-0.25, -0.2) is 0 Å². The van der Waals surface area contributed by atoms with Crippen molar-refractivity contribution in [2.24, 2.45) is 11.8 Å². The normalized spacial score (nSPS) is 17.5. The van der Waals surface area contributed by atoms with Crippen LogP contribution < -0.4 is 14.2 Å². The standard InChI is InChI=1S/C40H43NO6S/c42-37(27-12-16-31(17-13-27)45-25-24-41-22-6-1-7-23-41)36-34-21-20-33(47-40(44)30-10-4-5-11-30)26-35(34)48-38(36)28-14-18-32(19-15-28)46-39(43)29-8-2-3-9-29/h12-21,26,29-30H,1-11,22-25H2. The number of ketones is 1. The van der Waals surface area contributed by atoms with Crippen molar-refractivity contribution < 1.29 is 28.6 Å². The number of hydrogen-bond donors (Lipinski definition) is 0. The Morgan fingerprint density at radius 2 is 1.25 bits per heavy atom. The van der Waals surface area contributed by atoms with Crippen molar-refractivity contribution in [1.29, 1.82) is 0 Å². The number of benzene rings is 3. The second-order valence-electron chi connectivity index (χ2n) is 13.4. The summed E-state index contributed by atoms with van der Waals surface area (Å²) >= 11 is 1.49. The Morgan fingerprint density at radius 3 is 1.90 bits per heavy atom. The highest BCUT2D eigenvalue weighted by Gasteiger charge is 2.27. The molecule has 7 nitrogen and oxygen atoms in total. The summed E-state index contributed by atoms with van der Waals surface area (Å²) in [4.78, 5) is 42.9. The van der Waals surface area contributed by atoms with Gasteiger partial charge in [0.15, 0.2) is 5.78 Å². The number of carbonyl (C=O) groups is 3. The molecule has 0 radical (unpaired) electrons. The number of thiophene rings is 1. The summed E-state index contributed by atoms with van der Waals surface area (Å²) in [5.41, 5.74) is 2.01. The lowest BCUT2D eigenvalue weighted by Crippen LogP contribution is -2.33. The molecule has 0 amide bonds. The van der Waals surface area contributed by atoms with Gasteiger partial charge in [0.1, 0.15) is 23.9 Å². The minimum atomic E-state index is -0.180. The Balaban J connectivity index is 1.13. The molecule has 0 atom stereocenters. The fourth-order valence-corrected chi connectivity index (χ4v) is 8.52. The zero-order valence-electron chi connectivity index (χ0n) is 27.4. The first kappa shape index (κ1) is 32.5. The highest BCUT2D eigenvalue weighted by molar-refractivity contribution is 7.22. The Bertz CT molecular complexity index is 1740. The Morgan fingerprint density at radius 1 is 0.667 bits per heavy atom. The number of esters is 2. The molecule has 0 bridgehead atoms. The monoisotopic (exact) mass is 665 g/mol. The summed E-state index contributed by atoms with van der Waals surface area (Å²) in [6.07, 6.45) is 11.6. The van der Waals surface area contributed by atoms with E-state index in [0.717, 1.165) is 97.3 Å². The lowest BCUT2D eigenvalue weighted by Gasteiger charge is -2.26. The Labute approximate surface area is 286 Å². The molecule has 2 aliphatic carbocycles. The van der Waals surface area contributed by atoms with Crippen LogP contribution in [0.25, 0.3) is 20.5 Å². The van der Waals surface area contributed by atoms with Crippen molar-refractivity contribution in [2.45, 2.75) is 70.6 Å². The van der Waals surface area contributed by atoms with E-state index in [2.05, 4.69) is 4.90 Å². The number of nitrogens with zero attached hydrogens (tertiary/aromatic N) is 1. The molecule has 48 heavy (non-hydrogen) atoms. The van der Waals surface area contributed by atoms with Crippen LogP contribution in [0, 0.1) is 11.8 Å². The minimum Gasteiger partial charge on any atom is -0.492 e. The van der Waals surface area contributed by atoms with Crippen LogP contribution in [-0.4, -0.2) is 48.9 Å². The van der Waals surface area contributed by atoms with Gasteiger partial charge >= 0.3 is 11.9 Å². The molecule has 3 aliphatic rings. The third kappa shape index (κ3) is 7.50. The molecule has 2 saturated carbocycles. The first-order chi connectivity index (χ1) is 23.5. The fourth-order valence-electron chi connectivity index (χ4n) is 7.29. The molecule has 0 N–H and O–H groups in total. The van der Waals surface area contributed by atoms with Crippen molar-refractivity contribution in [3.63, 3.8) is 0 Å². The molecular weight excluding hydrogens is 623 g/mol. The van der Waals surface area contributed by atoms with Crippen LogP contribution in [0.15, 0.2) is 66.7 Å². The number of ether oxygens (including phenoxy) is 3. The zero-order valence-corrected chi connectivity index (χ0v) is 28.2. The summed E-state index contributed by atoms with van der Waals surface area (Å²) in [6, 6.07) is 20.3. The molecule has 8 heteroatoms. The van der Waals surface area contributed by atoms with Crippen LogP contribution in [0.5, 0.6) is 17.2 Å². The highest BCUT2D eigenvalue weighted by atomic mass is 32.1. The zero-order chi connectivity index (χ0) is 32.9. The number of carbonyl (C=O) groups excluding carboxylic acids is 3. The van der Waals surface area contributed by atoms with Gasteiger partial charge in [0, 0.05) is 32.6 Å². The average Bonchev–Trinajstić information content (AvgIpc) is 3.91. The van der Waals surface area contributed by atoms with Gasteiger partial charge in [-0.1, -0.05) is 32.1 Å². The molecule has 1 aromatic heterocycles. The van der Waals surface area contributed by atoms with E-state index in [-0.39, 0.29) is 29.6 Å². The average molecular weight is 666 g/mol. The predicted molar refractivity (Wildman–Crippen MR) is 188 cm³/mol. The van der Waals surface area contributed by atoms with Gasteiger partial charge < -0.3 is 14.2 Å². The van der Waals surface area contributed by atoms with E-state index < -0.39 is 0 Å². The Kier molecular flexibility index (Phi) is 10.2. The summed E-state index contributed by atoms with van der Waals surface area (Å²) in [7, 11) is 0. The van der Waals surface area contributed by atoms with Gasteiger partial charge in [0.2, 0.25) is 0 Å². The third-order valence-corrected chi connectivity index (χ3v) is 11.3. The van der Waals surface area contributed by atoms with E-state index in [0.29, 0.717) is 29.2 Å². The Hall–Kier alpha value is -4.01. The maximum absolute atomic E-state index is 14.2. The molecule has 4 aromatic rings. The van der Waals surface area contributed by atoms with Gasteiger partial charge in [-0.2, -0.15) is 0 Å². The molecule has 0 spiro atoms.